The molecule has 2 aliphatic carbocycles. The van der Waals surface area contributed by atoms with Crippen molar-refractivity contribution in [3.63, 3.8) is 0 Å². The number of hydrogen-bond donors (Lipinski definition) is 2. The molecule has 4 unspecified atom stereocenters. The molecule has 1 aromatic rings. The fraction of sp³-hybridized carbons (Fsp3) is 0.667. The van der Waals surface area contributed by atoms with E-state index in [0.29, 0.717) is 17.0 Å². The molecule has 0 aliphatic heterocycles. The molecule has 116 valence electrons. The van der Waals surface area contributed by atoms with Gasteiger partial charge in [-0.05, 0) is 61.1 Å². The van der Waals surface area contributed by atoms with E-state index in [1.807, 2.05) is 6.92 Å². The maximum Gasteiger partial charge on any atom is 0.123 e. The molecule has 2 aliphatic rings. The van der Waals surface area contributed by atoms with Gasteiger partial charge in [0.2, 0.25) is 0 Å². The van der Waals surface area contributed by atoms with E-state index >= 15 is 0 Å². The number of hydrogen-bond acceptors (Lipinski definition) is 2. The second-order valence-corrected chi connectivity index (χ2v) is 7.75. The highest BCUT2D eigenvalue weighted by molar-refractivity contribution is 5.35. The quantitative estimate of drug-likeness (QED) is 0.865. The molecule has 2 bridgehead atoms. The van der Waals surface area contributed by atoms with Gasteiger partial charge in [0.05, 0.1) is 0 Å². The number of phenolic OH excluding ortho intramolecular Hbond substituents is 1. The maximum absolute atomic E-state index is 13.4. The van der Waals surface area contributed by atoms with Crippen molar-refractivity contribution in [1.29, 1.82) is 0 Å². The van der Waals surface area contributed by atoms with Gasteiger partial charge in [-0.25, -0.2) is 4.39 Å². The van der Waals surface area contributed by atoms with Gasteiger partial charge in [-0.3, -0.25) is 0 Å². The van der Waals surface area contributed by atoms with E-state index in [-0.39, 0.29) is 23.0 Å². The molecule has 3 heteroatoms. The van der Waals surface area contributed by atoms with E-state index in [2.05, 4.69) is 26.1 Å². The third-order valence-electron chi connectivity index (χ3n) is 6.70. The number of rotatable bonds is 3. The standard InChI is InChI=1S/C18H26FNO/c1-11(14-10-13(19)5-6-15(14)21)20-16-9-12-7-8-18(16,4)17(12,2)3/h5-6,10-12,16,20-21H,7-9H2,1-4H3. The molecule has 0 saturated heterocycles. The lowest BCUT2D eigenvalue weighted by molar-refractivity contribution is 0.116. The first-order valence-corrected chi connectivity index (χ1v) is 8.00. The lowest BCUT2D eigenvalue weighted by atomic mass is 9.69. The van der Waals surface area contributed by atoms with Crippen molar-refractivity contribution in [3.8, 4) is 5.75 Å². The summed E-state index contributed by atoms with van der Waals surface area (Å²) in [6.07, 6.45) is 3.76. The highest BCUT2D eigenvalue weighted by Gasteiger charge is 2.61. The zero-order chi connectivity index (χ0) is 15.4. The molecule has 21 heavy (non-hydrogen) atoms. The van der Waals surface area contributed by atoms with Crippen LogP contribution in [-0.4, -0.2) is 11.1 Å². The van der Waals surface area contributed by atoms with Crippen LogP contribution in [0.5, 0.6) is 5.75 Å². The first kappa shape index (κ1) is 14.8. The zero-order valence-electron chi connectivity index (χ0n) is 13.4. The number of aromatic hydroxyl groups is 1. The molecule has 4 atom stereocenters. The van der Waals surface area contributed by atoms with Crippen molar-refractivity contribution in [2.75, 3.05) is 0 Å². The lowest BCUT2D eigenvalue weighted by Gasteiger charge is -2.40. The van der Waals surface area contributed by atoms with Crippen molar-refractivity contribution in [3.05, 3.63) is 29.6 Å². The second kappa shape index (κ2) is 4.70. The largest absolute Gasteiger partial charge is 0.508 e. The SMILES string of the molecule is CC(NC1CC2CCC1(C)C2(C)C)c1cc(F)ccc1O. The molecule has 2 fully saturated rings. The summed E-state index contributed by atoms with van der Waals surface area (Å²) in [6.45, 7) is 9.17. The van der Waals surface area contributed by atoms with Crippen LogP contribution in [0.3, 0.4) is 0 Å². The Morgan fingerprint density at radius 2 is 2.05 bits per heavy atom. The van der Waals surface area contributed by atoms with Crippen molar-refractivity contribution < 1.29 is 9.50 Å². The summed E-state index contributed by atoms with van der Waals surface area (Å²) in [5.41, 5.74) is 1.29. The van der Waals surface area contributed by atoms with Gasteiger partial charge in [0.1, 0.15) is 11.6 Å². The van der Waals surface area contributed by atoms with E-state index in [9.17, 15) is 9.50 Å². The molecular formula is C18H26FNO. The molecule has 1 aromatic carbocycles. The predicted molar refractivity (Wildman–Crippen MR) is 82.6 cm³/mol. The number of benzene rings is 1. The Kier molecular flexibility index (Phi) is 3.32. The van der Waals surface area contributed by atoms with E-state index in [0.717, 1.165) is 5.92 Å². The second-order valence-electron chi connectivity index (χ2n) is 7.75. The van der Waals surface area contributed by atoms with E-state index < -0.39 is 0 Å². The number of phenols is 1. The van der Waals surface area contributed by atoms with Crippen LogP contribution in [0.15, 0.2) is 18.2 Å². The van der Waals surface area contributed by atoms with Gasteiger partial charge in [-0.15, -0.1) is 0 Å². The van der Waals surface area contributed by atoms with Gasteiger partial charge >= 0.3 is 0 Å². The van der Waals surface area contributed by atoms with Crippen molar-refractivity contribution in [2.45, 2.75) is 59.0 Å². The van der Waals surface area contributed by atoms with E-state index in [4.69, 9.17) is 0 Å². The maximum atomic E-state index is 13.4. The van der Waals surface area contributed by atoms with Gasteiger partial charge in [0.25, 0.3) is 0 Å². The van der Waals surface area contributed by atoms with Crippen LogP contribution >= 0.6 is 0 Å². The molecule has 0 aromatic heterocycles. The summed E-state index contributed by atoms with van der Waals surface area (Å²) >= 11 is 0. The predicted octanol–water partition coefficient (Wildman–Crippen LogP) is 4.40. The average molecular weight is 291 g/mol. The van der Waals surface area contributed by atoms with Crippen LogP contribution in [-0.2, 0) is 0 Å². The van der Waals surface area contributed by atoms with E-state index in [1.165, 1.54) is 37.5 Å². The third kappa shape index (κ3) is 2.09. The summed E-state index contributed by atoms with van der Waals surface area (Å²) in [5.74, 6) is 0.646. The number of nitrogens with one attached hydrogen (secondary N) is 1. The molecule has 0 radical (unpaired) electrons. The summed E-state index contributed by atoms with van der Waals surface area (Å²) in [5, 5.41) is 13.6. The smallest absolute Gasteiger partial charge is 0.123 e. The minimum absolute atomic E-state index is 0.0438. The average Bonchev–Trinajstić information content (AvgIpc) is 2.74. The van der Waals surface area contributed by atoms with Crippen LogP contribution in [0.25, 0.3) is 0 Å². The highest BCUT2D eigenvalue weighted by Crippen LogP contribution is 2.65. The molecular weight excluding hydrogens is 265 g/mol. The Morgan fingerprint density at radius 3 is 2.62 bits per heavy atom. The lowest BCUT2D eigenvalue weighted by Crippen LogP contribution is -2.45. The molecule has 3 rings (SSSR count). The van der Waals surface area contributed by atoms with Crippen molar-refractivity contribution in [1.82, 2.24) is 5.32 Å². The van der Waals surface area contributed by atoms with Crippen LogP contribution in [0, 0.1) is 22.6 Å². The summed E-state index contributed by atoms with van der Waals surface area (Å²) in [7, 11) is 0. The van der Waals surface area contributed by atoms with Crippen LogP contribution < -0.4 is 5.32 Å². The summed E-state index contributed by atoms with van der Waals surface area (Å²) in [4.78, 5) is 0. The summed E-state index contributed by atoms with van der Waals surface area (Å²) < 4.78 is 13.4. The minimum Gasteiger partial charge on any atom is -0.508 e. The van der Waals surface area contributed by atoms with Crippen LogP contribution in [0.2, 0.25) is 0 Å². The normalized spacial score (nSPS) is 35.1. The summed E-state index contributed by atoms with van der Waals surface area (Å²) in [6, 6.07) is 4.57. The fourth-order valence-electron chi connectivity index (χ4n) is 4.72. The number of fused-ring (bicyclic) bond motifs is 2. The van der Waals surface area contributed by atoms with Gasteiger partial charge in [-0.2, -0.15) is 0 Å². The Bertz CT molecular complexity index is 556. The molecule has 2 N–H and O–H groups in total. The van der Waals surface area contributed by atoms with Gasteiger partial charge in [-0.1, -0.05) is 20.8 Å². The topological polar surface area (TPSA) is 32.3 Å². The third-order valence-corrected chi connectivity index (χ3v) is 6.70. The first-order chi connectivity index (χ1) is 9.75. The van der Waals surface area contributed by atoms with Gasteiger partial charge < -0.3 is 10.4 Å². The first-order valence-electron chi connectivity index (χ1n) is 8.00. The fourth-order valence-corrected chi connectivity index (χ4v) is 4.72. The molecule has 0 amide bonds. The van der Waals surface area contributed by atoms with Gasteiger partial charge in [0, 0.05) is 17.6 Å². The highest BCUT2D eigenvalue weighted by atomic mass is 19.1. The van der Waals surface area contributed by atoms with Crippen LogP contribution in [0.1, 0.15) is 58.6 Å². The Morgan fingerprint density at radius 1 is 1.33 bits per heavy atom. The van der Waals surface area contributed by atoms with Crippen molar-refractivity contribution >= 4 is 0 Å². The molecule has 0 spiro atoms. The Balaban J connectivity index is 1.80. The number of halogens is 1. The van der Waals surface area contributed by atoms with Gasteiger partial charge in [0.15, 0.2) is 0 Å². The monoisotopic (exact) mass is 291 g/mol. The van der Waals surface area contributed by atoms with Crippen LogP contribution in [0.4, 0.5) is 4.39 Å². The van der Waals surface area contributed by atoms with E-state index in [1.54, 1.807) is 0 Å². The zero-order valence-corrected chi connectivity index (χ0v) is 13.4. The minimum atomic E-state index is -0.295. The molecule has 2 saturated carbocycles. The Hall–Kier alpha value is -1.09. The molecule has 2 nitrogen and oxygen atoms in total. The Labute approximate surface area is 126 Å². The molecule has 0 heterocycles. The van der Waals surface area contributed by atoms with Crippen molar-refractivity contribution in [2.24, 2.45) is 16.7 Å².